The van der Waals surface area contributed by atoms with Gasteiger partial charge in [0, 0.05) is 24.3 Å². The second kappa shape index (κ2) is 7.09. The van der Waals surface area contributed by atoms with Crippen molar-refractivity contribution < 1.29 is 10.2 Å². The quantitative estimate of drug-likeness (QED) is 0.769. The largest absolute Gasteiger partial charge is 0.503 e. The molecule has 0 aliphatic heterocycles. The Morgan fingerprint density at radius 3 is 2.38 bits per heavy atom. The average Bonchev–Trinajstić information content (AvgIpc) is 3.28. The smallest absolute Gasteiger partial charge is 0.223 e. The van der Waals surface area contributed by atoms with Crippen LogP contribution in [0.25, 0.3) is 0 Å². The predicted molar refractivity (Wildman–Crippen MR) is 82.4 cm³/mol. The number of rotatable bonds is 8. The Morgan fingerprint density at radius 2 is 1.90 bits per heavy atom. The summed E-state index contributed by atoms with van der Waals surface area (Å²) in [5.74, 6) is -0.156. The van der Waals surface area contributed by atoms with Crippen molar-refractivity contribution in [3.05, 3.63) is 27.7 Å². The number of aliphatic hydroxyl groups excluding tert-OH is 1. The number of hydrogen-bond acceptors (Lipinski definition) is 4. The Morgan fingerprint density at radius 1 is 1.29 bits per heavy atom. The summed E-state index contributed by atoms with van der Waals surface area (Å²) >= 11 is 0. The Kier molecular flexibility index (Phi) is 5.42. The van der Waals surface area contributed by atoms with Crippen molar-refractivity contribution in [1.82, 2.24) is 9.47 Å². The predicted octanol–water partition coefficient (Wildman–Crippen LogP) is 2.00. The topological polar surface area (TPSA) is 65.7 Å². The van der Waals surface area contributed by atoms with Crippen molar-refractivity contribution in [2.75, 3.05) is 13.1 Å². The number of pyridine rings is 1. The van der Waals surface area contributed by atoms with Gasteiger partial charge in [-0.15, -0.1) is 0 Å². The van der Waals surface area contributed by atoms with Gasteiger partial charge >= 0.3 is 0 Å². The molecule has 0 unspecified atom stereocenters. The molecule has 118 valence electrons. The van der Waals surface area contributed by atoms with E-state index in [-0.39, 0.29) is 17.8 Å². The first-order valence-corrected chi connectivity index (χ1v) is 7.91. The molecule has 1 heterocycles. The molecule has 2 rings (SSSR count). The highest BCUT2D eigenvalue weighted by atomic mass is 16.3. The molecule has 1 fully saturated rings. The lowest BCUT2D eigenvalue weighted by Crippen LogP contribution is -2.29. The fraction of sp³-hybridized carbons (Fsp3) is 0.688. The van der Waals surface area contributed by atoms with Gasteiger partial charge < -0.3 is 14.8 Å². The summed E-state index contributed by atoms with van der Waals surface area (Å²) in [4.78, 5) is 14.2. The zero-order chi connectivity index (χ0) is 15.4. The molecule has 0 radical (unpaired) electrons. The van der Waals surface area contributed by atoms with Crippen LogP contribution in [0.2, 0.25) is 0 Å². The van der Waals surface area contributed by atoms with Crippen LogP contribution in [0.3, 0.4) is 0 Å². The second-order valence-electron chi connectivity index (χ2n) is 5.83. The van der Waals surface area contributed by atoms with Crippen molar-refractivity contribution >= 4 is 0 Å². The van der Waals surface area contributed by atoms with E-state index in [1.807, 2.05) is 4.57 Å². The highest BCUT2D eigenvalue weighted by molar-refractivity contribution is 5.31. The fourth-order valence-corrected chi connectivity index (χ4v) is 2.89. The summed E-state index contributed by atoms with van der Waals surface area (Å²) in [6, 6.07) is 1.68. The lowest BCUT2D eigenvalue weighted by molar-refractivity contribution is 0.243. The summed E-state index contributed by atoms with van der Waals surface area (Å²) < 4.78 is 1.98. The normalized spacial score (nSPS) is 14.9. The first-order valence-electron chi connectivity index (χ1n) is 7.91. The Bertz CT molecular complexity index is 529. The van der Waals surface area contributed by atoms with Gasteiger partial charge in [-0.1, -0.05) is 13.8 Å². The van der Waals surface area contributed by atoms with Crippen molar-refractivity contribution in [2.24, 2.45) is 0 Å². The van der Waals surface area contributed by atoms with Crippen LogP contribution in [-0.2, 0) is 13.2 Å². The summed E-state index contributed by atoms with van der Waals surface area (Å²) in [6.45, 7) is 6.53. The minimum atomic E-state index is -0.390. The first-order chi connectivity index (χ1) is 10.1. The molecule has 21 heavy (non-hydrogen) atoms. The summed E-state index contributed by atoms with van der Waals surface area (Å²) in [5, 5.41) is 19.7. The van der Waals surface area contributed by atoms with Crippen LogP contribution in [0, 0.1) is 0 Å². The minimum Gasteiger partial charge on any atom is -0.503 e. The molecule has 0 atom stereocenters. The average molecular weight is 294 g/mol. The lowest BCUT2D eigenvalue weighted by Gasteiger charge is -2.25. The number of hydrogen-bond donors (Lipinski definition) is 2. The molecule has 5 nitrogen and oxygen atoms in total. The van der Waals surface area contributed by atoms with Gasteiger partial charge in [0.15, 0.2) is 5.75 Å². The van der Waals surface area contributed by atoms with E-state index in [0.717, 1.165) is 38.8 Å². The van der Waals surface area contributed by atoms with Crippen LogP contribution in [-0.4, -0.2) is 32.8 Å². The van der Waals surface area contributed by atoms with E-state index in [9.17, 15) is 15.0 Å². The summed E-state index contributed by atoms with van der Waals surface area (Å²) in [5.41, 5.74) is 0.887. The molecule has 1 aromatic heterocycles. The zero-order valence-corrected chi connectivity index (χ0v) is 13.0. The van der Waals surface area contributed by atoms with Gasteiger partial charge in [0.05, 0.1) is 12.3 Å². The molecule has 1 aromatic rings. The van der Waals surface area contributed by atoms with Gasteiger partial charge in [-0.25, -0.2) is 0 Å². The molecule has 0 aromatic carbocycles. The van der Waals surface area contributed by atoms with Gasteiger partial charge in [0.2, 0.25) is 5.43 Å². The molecular formula is C16H26N2O3. The van der Waals surface area contributed by atoms with Crippen LogP contribution in [0.5, 0.6) is 5.75 Å². The number of nitrogens with zero attached hydrogens (tertiary/aromatic N) is 2. The third kappa shape index (κ3) is 3.66. The van der Waals surface area contributed by atoms with E-state index in [4.69, 9.17) is 0 Å². The standard InChI is InChI=1S/C16H26N2O3/c1-3-7-17(8-4-2)10-14-16(21)15(20)9-13(11-19)18(14)12-5-6-12/h9,12,19,21H,3-8,10-11H2,1-2H3. The van der Waals surface area contributed by atoms with Crippen molar-refractivity contribution in [1.29, 1.82) is 0 Å². The van der Waals surface area contributed by atoms with Crippen LogP contribution >= 0.6 is 0 Å². The Labute approximate surface area is 125 Å². The molecule has 0 spiro atoms. The van der Waals surface area contributed by atoms with E-state index in [2.05, 4.69) is 18.7 Å². The third-order valence-corrected chi connectivity index (χ3v) is 3.93. The molecule has 0 saturated heterocycles. The Hall–Kier alpha value is -1.33. The highest BCUT2D eigenvalue weighted by Crippen LogP contribution is 2.38. The maximum absolute atomic E-state index is 11.9. The molecule has 0 amide bonds. The molecule has 1 saturated carbocycles. The van der Waals surface area contributed by atoms with Crippen molar-refractivity contribution in [3.8, 4) is 5.75 Å². The van der Waals surface area contributed by atoms with Crippen LogP contribution in [0.1, 0.15) is 57.0 Å². The number of aromatic hydroxyl groups is 1. The van der Waals surface area contributed by atoms with Crippen molar-refractivity contribution in [2.45, 2.75) is 58.7 Å². The minimum absolute atomic E-state index is 0.156. The van der Waals surface area contributed by atoms with Gasteiger partial charge in [-0.05, 0) is 38.8 Å². The SMILES string of the molecule is CCCN(CCC)Cc1c(O)c(=O)cc(CO)n1C1CC1. The summed E-state index contributed by atoms with van der Waals surface area (Å²) in [7, 11) is 0. The highest BCUT2D eigenvalue weighted by Gasteiger charge is 2.29. The fourth-order valence-electron chi connectivity index (χ4n) is 2.89. The zero-order valence-electron chi connectivity index (χ0n) is 13.0. The number of aromatic nitrogens is 1. The van der Waals surface area contributed by atoms with Gasteiger partial charge in [0.1, 0.15) is 0 Å². The first kappa shape index (κ1) is 16.0. The summed E-state index contributed by atoms with van der Waals surface area (Å²) in [6.07, 6.45) is 4.16. The lowest BCUT2D eigenvalue weighted by atomic mass is 10.2. The van der Waals surface area contributed by atoms with E-state index in [1.165, 1.54) is 6.07 Å². The molecule has 1 aliphatic rings. The van der Waals surface area contributed by atoms with Crippen LogP contribution in [0.4, 0.5) is 0 Å². The van der Waals surface area contributed by atoms with Gasteiger partial charge in [0.25, 0.3) is 0 Å². The van der Waals surface area contributed by atoms with E-state index in [0.29, 0.717) is 24.0 Å². The molecule has 5 heteroatoms. The maximum atomic E-state index is 11.9. The van der Waals surface area contributed by atoms with Crippen LogP contribution in [0.15, 0.2) is 10.9 Å². The molecular weight excluding hydrogens is 268 g/mol. The van der Waals surface area contributed by atoms with E-state index < -0.39 is 0 Å². The monoisotopic (exact) mass is 294 g/mol. The third-order valence-electron chi connectivity index (χ3n) is 3.93. The molecule has 1 aliphatic carbocycles. The van der Waals surface area contributed by atoms with Gasteiger partial charge in [-0.2, -0.15) is 0 Å². The van der Waals surface area contributed by atoms with E-state index in [1.54, 1.807) is 0 Å². The van der Waals surface area contributed by atoms with Crippen LogP contribution < -0.4 is 5.43 Å². The number of aliphatic hydroxyl groups is 1. The van der Waals surface area contributed by atoms with Gasteiger partial charge in [-0.3, -0.25) is 9.69 Å². The maximum Gasteiger partial charge on any atom is 0.223 e. The Balaban J connectivity index is 2.39. The molecule has 2 N–H and O–H groups in total. The van der Waals surface area contributed by atoms with E-state index >= 15 is 0 Å². The molecule has 0 bridgehead atoms. The second-order valence-corrected chi connectivity index (χ2v) is 5.83. The van der Waals surface area contributed by atoms with Crippen molar-refractivity contribution in [3.63, 3.8) is 0 Å².